The van der Waals surface area contributed by atoms with Crippen molar-refractivity contribution in [3.05, 3.63) is 42.5 Å². The third-order valence-electron chi connectivity index (χ3n) is 4.27. The molecule has 1 aliphatic rings. The number of esters is 1. The average molecular weight is 311 g/mol. The van der Waals surface area contributed by atoms with Gasteiger partial charge in [0, 0.05) is 24.3 Å². The van der Waals surface area contributed by atoms with Gasteiger partial charge in [-0.25, -0.2) is 4.98 Å². The van der Waals surface area contributed by atoms with Crippen molar-refractivity contribution >= 4 is 17.5 Å². The molecular weight excluding hydrogens is 290 g/mol. The van der Waals surface area contributed by atoms with Crippen LogP contribution < -0.4 is 10.6 Å². The van der Waals surface area contributed by atoms with E-state index < -0.39 is 0 Å². The number of nitrogens with zero attached hydrogens (tertiary/aromatic N) is 2. The number of hydrogen-bond donors (Lipinski definition) is 1. The lowest BCUT2D eigenvalue weighted by Crippen LogP contribution is -2.37. The molecule has 5 heteroatoms. The van der Waals surface area contributed by atoms with Gasteiger partial charge in [0.25, 0.3) is 0 Å². The number of anilines is 2. The molecule has 2 aromatic rings. The van der Waals surface area contributed by atoms with Crippen molar-refractivity contribution in [2.45, 2.75) is 12.8 Å². The van der Waals surface area contributed by atoms with Crippen LogP contribution in [0.2, 0.25) is 0 Å². The maximum Gasteiger partial charge on any atom is 0.308 e. The molecule has 23 heavy (non-hydrogen) atoms. The highest BCUT2D eigenvalue weighted by atomic mass is 16.5. The van der Waals surface area contributed by atoms with Gasteiger partial charge in [0.05, 0.1) is 18.7 Å². The van der Waals surface area contributed by atoms with Gasteiger partial charge in [-0.1, -0.05) is 18.2 Å². The fourth-order valence-electron chi connectivity index (χ4n) is 2.97. The second-order valence-electron chi connectivity index (χ2n) is 5.79. The Hall–Kier alpha value is -2.56. The molecule has 1 aromatic heterocycles. The smallest absolute Gasteiger partial charge is 0.308 e. The number of pyridine rings is 1. The van der Waals surface area contributed by atoms with Crippen molar-refractivity contribution in [1.29, 1.82) is 0 Å². The monoisotopic (exact) mass is 311 g/mol. The van der Waals surface area contributed by atoms with Crippen molar-refractivity contribution in [3.8, 4) is 11.3 Å². The number of rotatable bonds is 3. The highest BCUT2D eigenvalue weighted by Crippen LogP contribution is 2.26. The van der Waals surface area contributed by atoms with Gasteiger partial charge in [-0.05, 0) is 37.1 Å². The van der Waals surface area contributed by atoms with Crippen molar-refractivity contribution in [3.63, 3.8) is 0 Å². The first-order chi connectivity index (χ1) is 11.2. The summed E-state index contributed by atoms with van der Waals surface area (Å²) in [6.07, 6.45) is 1.60. The second kappa shape index (κ2) is 6.69. The first-order valence-electron chi connectivity index (χ1n) is 7.83. The second-order valence-corrected chi connectivity index (χ2v) is 5.79. The average Bonchev–Trinajstić information content (AvgIpc) is 2.61. The van der Waals surface area contributed by atoms with Crippen LogP contribution in [0.15, 0.2) is 42.5 Å². The predicted octanol–water partition coefficient (Wildman–Crippen LogP) is 2.72. The Labute approximate surface area is 136 Å². The number of nitrogens with two attached hydrogens (primary N) is 1. The fourth-order valence-corrected chi connectivity index (χ4v) is 2.97. The molecule has 0 spiro atoms. The molecule has 1 aromatic carbocycles. The zero-order valence-electron chi connectivity index (χ0n) is 13.2. The largest absolute Gasteiger partial charge is 0.469 e. The number of aromatic nitrogens is 1. The van der Waals surface area contributed by atoms with E-state index >= 15 is 0 Å². The maximum absolute atomic E-state index is 11.6. The topological polar surface area (TPSA) is 68.5 Å². The van der Waals surface area contributed by atoms with Gasteiger partial charge in [0.1, 0.15) is 5.82 Å². The quantitative estimate of drug-likeness (QED) is 0.697. The van der Waals surface area contributed by atoms with E-state index in [1.807, 2.05) is 42.5 Å². The summed E-state index contributed by atoms with van der Waals surface area (Å²) in [6.45, 7) is 1.63. The summed E-state index contributed by atoms with van der Waals surface area (Å²) in [5.41, 5.74) is 8.50. The number of nitrogen functional groups attached to an aromatic ring is 1. The van der Waals surface area contributed by atoms with Crippen LogP contribution in [-0.2, 0) is 9.53 Å². The van der Waals surface area contributed by atoms with E-state index in [0.717, 1.165) is 48.7 Å². The lowest BCUT2D eigenvalue weighted by Gasteiger charge is -2.31. The molecule has 1 saturated heterocycles. The van der Waals surface area contributed by atoms with Crippen LogP contribution in [0.3, 0.4) is 0 Å². The molecule has 0 atom stereocenters. The molecule has 3 rings (SSSR count). The van der Waals surface area contributed by atoms with E-state index in [1.54, 1.807) is 0 Å². The summed E-state index contributed by atoms with van der Waals surface area (Å²) in [5, 5.41) is 0. The molecule has 2 heterocycles. The zero-order valence-corrected chi connectivity index (χ0v) is 13.2. The summed E-state index contributed by atoms with van der Waals surface area (Å²) >= 11 is 0. The number of hydrogen-bond acceptors (Lipinski definition) is 5. The molecule has 0 aliphatic carbocycles. The summed E-state index contributed by atoms with van der Waals surface area (Å²) in [6, 6.07) is 13.7. The summed E-state index contributed by atoms with van der Waals surface area (Å²) < 4.78 is 4.83. The van der Waals surface area contributed by atoms with E-state index in [2.05, 4.69) is 4.90 Å². The van der Waals surface area contributed by atoms with Crippen LogP contribution in [0.4, 0.5) is 11.5 Å². The van der Waals surface area contributed by atoms with Gasteiger partial charge in [0.15, 0.2) is 0 Å². The molecule has 1 aliphatic heterocycles. The minimum Gasteiger partial charge on any atom is -0.469 e. The highest BCUT2D eigenvalue weighted by molar-refractivity contribution is 5.72. The van der Waals surface area contributed by atoms with Gasteiger partial charge in [-0.3, -0.25) is 4.79 Å². The van der Waals surface area contributed by atoms with E-state index in [0.29, 0.717) is 0 Å². The number of methoxy groups -OCH3 is 1. The van der Waals surface area contributed by atoms with Crippen LogP contribution >= 0.6 is 0 Å². The molecule has 5 nitrogen and oxygen atoms in total. The van der Waals surface area contributed by atoms with E-state index in [9.17, 15) is 4.79 Å². The third kappa shape index (κ3) is 3.44. The molecule has 0 amide bonds. The van der Waals surface area contributed by atoms with Crippen LogP contribution in [0.5, 0.6) is 0 Å². The van der Waals surface area contributed by atoms with Crippen LogP contribution in [0, 0.1) is 5.92 Å². The van der Waals surface area contributed by atoms with Gasteiger partial charge >= 0.3 is 5.97 Å². The molecule has 0 bridgehead atoms. The number of carbonyl (C=O) groups is 1. The molecule has 1 fully saturated rings. The molecule has 0 unspecified atom stereocenters. The van der Waals surface area contributed by atoms with E-state index in [4.69, 9.17) is 15.5 Å². The van der Waals surface area contributed by atoms with Crippen molar-refractivity contribution in [2.75, 3.05) is 30.8 Å². The standard InChI is InChI=1S/C18H21N3O2/c1-23-18(22)13-8-10-21(11-9-13)17-7-3-6-16(20-17)14-4-2-5-15(19)12-14/h2-7,12-13H,8-11,19H2,1H3. The van der Waals surface area contributed by atoms with Crippen LogP contribution in [0.1, 0.15) is 12.8 Å². The third-order valence-corrected chi connectivity index (χ3v) is 4.27. The SMILES string of the molecule is COC(=O)C1CCN(c2cccc(-c3cccc(N)c3)n2)CC1. The van der Waals surface area contributed by atoms with E-state index in [1.165, 1.54) is 7.11 Å². The molecule has 2 N–H and O–H groups in total. The maximum atomic E-state index is 11.6. The lowest BCUT2D eigenvalue weighted by atomic mass is 9.97. The van der Waals surface area contributed by atoms with Crippen molar-refractivity contribution in [2.24, 2.45) is 5.92 Å². The fraction of sp³-hybridized carbons (Fsp3) is 0.333. The first-order valence-corrected chi connectivity index (χ1v) is 7.83. The van der Waals surface area contributed by atoms with Crippen molar-refractivity contribution in [1.82, 2.24) is 4.98 Å². The number of piperidine rings is 1. The highest BCUT2D eigenvalue weighted by Gasteiger charge is 2.26. The first kappa shape index (κ1) is 15.3. The lowest BCUT2D eigenvalue weighted by molar-refractivity contribution is -0.146. The number of benzene rings is 1. The van der Waals surface area contributed by atoms with Crippen molar-refractivity contribution < 1.29 is 9.53 Å². The number of ether oxygens (including phenoxy) is 1. The molecule has 0 radical (unpaired) electrons. The molecular formula is C18H21N3O2. The molecule has 120 valence electrons. The van der Waals surface area contributed by atoms with Gasteiger partial charge < -0.3 is 15.4 Å². The minimum absolute atomic E-state index is 0.00774. The Kier molecular flexibility index (Phi) is 4.46. The Morgan fingerprint density at radius 1 is 1.22 bits per heavy atom. The van der Waals surface area contributed by atoms with Gasteiger partial charge in [0.2, 0.25) is 0 Å². The summed E-state index contributed by atoms with van der Waals surface area (Å²) in [4.78, 5) is 18.6. The summed E-state index contributed by atoms with van der Waals surface area (Å²) in [7, 11) is 1.45. The Morgan fingerprint density at radius 3 is 2.65 bits per heavy atom. The normalized spacial score (nSPS) is 15.4. The van der Waals surface area contributed by atoms with Gasteiger partial charge in [-0.15, -0.1) is 0 Å². The molecule has 0 saturated carbocycles. The predicted molar refractivity (Wildman–Crippen MR) is 91.0 cm³/mol. The Morgan fingerprint density at radius 2 is 1.96 bits per heavy atom. The van der Waals surface area contributed by atoms with Gasteiger partial charge in [-0.2, -0.15) is 0 Å². The Bertz CT molecular complexity index is 694. The minimum atomic E-state index is -0.105. The zero-order chi connectivity index (χ0) is 16.2. The van der Waals surface area contributed by atoms with Crippen LogP contribution in [0.25, 0.3) is 11.3 Å². The Balaban J connectivity index is 1.75. The van der Waals surface area contributed by atoms with E-state index in [-0.39, 0.29) is 11.9 Å². The summed E-state index contributed by atoms with van der Waals surface area (Å²) in [5.74, 6) is 0.840. The van der Waals surface area contributed by atoms with Crippen LogP contribution in [-0.4, -0.2) is 31.2 Å². The number of carbonyl (C=O) groups excluding carboxylic acids is 1.